The number of carbonyl (C=O) groups is 1. The minimum absolute atomic E-state index is 0.106. The van der Waals surface area contributed by atoms with E-state index in [9.17, 15) is 4.79 Å². The van der Waals surface area contributed by atoms with Gasteiger partial charge in [0.05, 0.1) is 19.3 Å². The zero-order valence-corrected chi connectivity index (χ0v) is 16.6. The number of anilines is 2. The van der Waals surface area contributed by atoms with Gasteiger partial charge in [0.15, 0.2) is 0 Å². The Labute approximate surface area is 162 Å². The fraction of sp³-hybridized carbons (Fsp3) is 0.409. The molecule has 0 saturated heterocycles. The lowest BCUT2D eigenvalue weighted by Crippen LogP contribution is -2.21. The first-order valence-electron chi connectivity index (χ1n) is 9.49. The lowest BCUT2D eigenvalue weighted by atomic mass is 10.2. The van der Waals surface area contributed by atoms with E-state index in [1.165, 1.54) is 0 Å². The van der Waals surface area contributed by atoms with E-state index in [4.69, 9.17) is 9.47 Å². The molecule has 2 aromatic rings. The molecule has 27 heavy (non-hydrogen) atoms. The van der Waals surface area contributed by atoms with Crippen LogP contribution in [0.3, 0.4) is 0 Å². The number of rotatable bonds is 10. The van der Waals surface area contributed by atoms with Crippen molar-refractivity contribution >= 4 is 17.3 Å². The van der Waals surface area contributed by atoms with Crippen LogP contribution in [0.4, 0.5) is 11.4 Å². The Kier molecular flexibility index (Phi) is 7.99. The van der Waals surface area contributed by atoms with Crippen molar-refractivity contribution in [2.75, 3.05) is 23.8 Å². The van der Waals surface area contributed by atoms with Crippen LogP contribution >= 0.6 is 0 Å². The van der Waals surface area contributed by atoms with Gasteiger partial charge in [-0.3, -0.25) is 4.79 Å². The summed E-state index contributed by atoms with van der Waals surface area (Å²) in [5, 5.41) is 5.98. The third kappa shape index (κ3) is 7.60. The summed E-state index contributed by atoms with van der Waals surface area (Å²) in [4.78, 5) is 12.1. The molecule has 0 heterocycles. The minimum Gasteiger partial charge on any atom is -0.493 e. The second-order valence-corrected chi connectivity index (χ2v) is 6.99. The molecule has 0 aliphatic heterocycles. The smallest absolute Gasteiger partial charge is 0.243 e. The maximum absolute atomic E-state index is 12.1. The van der Waals surface area contributed by atoms with Gasteiger partial charge in [0.2, 0.25) is 5.91 Å². The number of amides is 1. The van der Waals surface area contributed by atoms with Crippen LogP contribution in [0.25, 0.3) is 0 Å². The first-order chi connectivity index (χ1) is 13.0. The standard InChI is InChI=1S/C22H30N2O3/c1-5-17(4)27-21-12-8-19(9-13-21)24-22(25)14-23-18-6-10-20(11-7-18)26-15-16(2)3/h6-13,16-17,23H,5,14-15H2,1-4H3,(H,24,25). The second-order valence-electron chi connectivity index (χ2n) is 6.99. The molecule has 0 aliphatic rings. The molecule has 1 amide bonds. The lowest BCUT2D eigenvalue weighted by molar-refractivity contribution is -0.114. The molecule has 5 nitrogen and oxygen atoms in total. The van der Waals surface area contributed by atoms with Crippen LogP contribution in [0.2, 0.25) is 0 Å². The van der Waals surface area contributed by atoms with E-state index >= 15 is 0 Å². The summed E-state index contributed by atoms with van der Waals surface area (Å²) >= 11 is 0. The Morgan fingerprint density at radius 2 is 1.52 bits per heavy atom. The molecular weight excluding hydrogens is 340 g/mol. The number of carbonyl (C=O) groups excluding carboxylic acids is 1. The normalized spacial score (nSPS) is 11.7. The molecule has 1 atom stereocenters. The fourth-order valence-corrected chi connectivity index (χ4v) is 2.25. The van der Waals surface area contributed by atoms with E-state index in [0.29, 0.717) is 12.5 Å². The number of hydrogen-bond acceptors (Lipinski definition) is 4. The molecule has 5 heteroatoms. The highest BCUT2D eigenvalue weighted by Crippen LogP contribution is 2.18. The van der Waals surface area contributed by atoms with Crippen LogP contribution in [0.5, 0.6) is 11.5 Å². The number of ether oxygens (including phenoxy) is 2. The van der Waals surface area contributed by atoms with Gasteiger partial charge in [-0.1, -0.05) is 20.8 Å². The fourth-order valence-electron chi connectivity index (χ4n) is 2.25. The summed E-state index contributed by atoms with van der Waals surface area (Å²) in [6, 6.07) is 15.0. The Morgan fingerprint density at radius 1 is 0.926 bits per heavy atom. The first kappa shape index (κ1) is 20.6. The van der Waals surface area contributed by atoms with Gasteiger partial charge in [0.1, 0.15) is 11.5 Å². The van der Waals surface area contributed by atoms with Gasteiger partial charge in [0.25, 0.3) is 0 Å². The molecule has 0 radical (unpaired) electrons. The van der Waals surface area contributed by atoms with E-state index in [1.54, 1.807) is 0 Å². The molecule has 0 fully saturated rings. The summed E-state index contributed by atoms with van der Waals surface area (Å²) < 4.78 is 11.4. The second kappa shape index (κ2) is 10.5. The zero-order valence-electron chi connectivity index (χ0n) is 16.6. The SMILES string of the molecule is CCC(C)Oc1ccc(NC(=O)CNc2ccc(OCC(C)C)cc2)cc1. The monoisotopic (exact) mass is 370 g/mol. The molecule has 2 rings (SSSR count). The summed E-state index contributed by atoms with van der Waals surface area (Å²) in [6.07, 6.45) is 1.13. The molecule has 0 spiro atoms. The molecule has 0 bridgehead atoms. The van der Waals surface area contributed by atoms with Gasteiger partial charge < -0.3 is 20.1 Å². The predicted octanol–water partition coefficient (Wildman–Crippen LogP) is 4.95. The summed E-state index contributed by atoms with van der Waals surface area (Å²) in [5.41, 5.74) is 1.62. The van der Waals surface area contributed by atoms with Crippen molar-refractivity contribution in [3.63, 3.8) is 0 Å². The van der Waals surface area contributed by atoms with Crippen molar-refractivity contribution in [3.05, 3.63) is 48.5 Å². The highest BCUT2D eigenvalue weighted by molar-refractivity contribution is 5.93. The van der Waals surface area contributed by atoms with Gasteiger partial charge in [-0.15, -0.1) is 0 Å². The van der Waals surface area contributed by atoms with Crippen LogP contribution in [-0.2, 0) is 4.79 Å². The van der Waals surface area contributed by atoms with Gasteiger partial charge in [-0.25, -0.2) is 0 Å². The molecular formula is C22H30N2O3. The van der Waals surface area contributed by atoms with E-state index < -0.39 is 0 Å². The van der Waals surface area contributed by atoms with Crippen molar-refractivity contribution in [3.8, 4) is 11.5 Å². The molecule has 2 aromatic carbocycles. The van der Waals surface area contributed by atoms with Crippen molar-refractivity contribution in [1.82, 2.24) is 0 Å². The van der Waals surface area contributed by atoms with Crippen molar-refractivity contribution in [2.45, 2.75) is 40.2 Å². The quantitative estimate of drug-likeness (QED) is 0.621. The largest absolute Gasteiger partial charge is 0.493 e. The van der Waals surface area contributed by atoms with E-state index in [-0.39, 0.29) is 18.6 Å². The highest BCUT2D eigenvalue weighted by atomic mass is 16.5. The van der Waals surface area contributed by atoms with Crippen LogP contribution < -0.4 is 20.1 Å². The van der Waals surface area contributed by atoms with E-state index in [1.807, 2.05) is 55.5 Å². The number of hydrogen-bond donors (Lipinski definition) is 2. The summed E-state index contributed by atoms with van der Waals surface area (Å²) in [7, 11) is 0. The predicted molar refractivity (Wildman–Crippen MR) is 111 cm³/mol. The molecule has 0 aromatic heterocycles. The third-order valence-corrected chi connectivity index (χ3v) is 3.94. The van der Waals surface area contributed by atoms with E-state index in [0.717, 1.165) is 29.3 Å². The topological polar surface area (TPSA) is 59.6 Å². The van der Waals surface area contributed by atoms with Crippen LogP contribution in [0.15, 0.2) is 48.5 Å². The van der Waals surface area contributed by atoms with Crippen molar-refractivity contribution in [2.24, 2.45) is 5.92 Å². The van der Waals surface area contributed by atoms with Gasteiger partial charge in [-0.05, 0) is 67.8 Å². The maximum atomic E-state index is 12.1. The summed E-state index contributed by atoms with van der Waals surface area (Å²) in [5.74, 6) is 2.02. The Morgan fingerprint density at radius 3 is 2.11 bits per heavy atom. The molecule has 146 valence electrons. The van der Waals surface area contributed by atoms with Crippen LogP contribution in [0, 0.1) is 5.92 Å². The zero-order chi connectivity index (χ0) is 19.6. The Balaban J connectivity index is 1.77. The average Bonchev–Trinajstić information content (AvgIpc) is 2.67. The van der Waals surface area contributed by atoms with Crippen LogP contribution in [0.1, 0.15) is 34.1 Å². The van der Waals surface area contributed by atoms with Crippen molar-refractivity contribution < 1.29 is 14.3 Å². The van der Waals surface area contributed by atoms with Crippen molar-refractivity contribution in [1.29, 1.82) is 0 Å². The summed E-state index contributed by atoms with van der Waals surface area (Å²) in [6.45, 7) is 9.22. The van der Waals surface area contributed by atoms with Crippen LogP contribution in [-0.4, -0.2) is 25.2 Å². The molecule has 1 unspecified atom stereocenters. The highest BCUT2D eigenvalue weighted by Gasteiger charge is 2.05. The van der Waals surface area contributed by atoms with Gasteiger partial charge in [0, 0.05) is 11.4 Å². The molecule has 0 aliphatic carbocycles. The molecule has 0 saturated carbocycles. The average molecular weight is 370 g/mol. The lowest BCUT2D eigenvalue weighted by Gasteiger charge is -2.13. The number of nitrogens with one attached hydrogen (secondary N) is 2. The minimum atomic E-state index is -0.106. The van der Waals surface area contributed by atoms with Gasteiger partial charge >= 0.3 is 0 Å². The number of benzene rings is 2. The first-order valence-corrected chi connectivity index (χ1v) is 9.49. The van der Waals surface area contributed by atoms with Gasteiger partial charge in [-0.2, -0.15) is 0 Å². The Bertz CT molecular complexity index is 697. The maximum Gasteiger partial charge on any atom is 0.243 e. The third-order valence-electron chi connectivity index (χ3n) is 3.94. The molecule has 2 N–H and O–H groups in total. The Hall–Kier alpha value is -2.69. The van der Waals surface area contributed by atoms with E-state index in [2.05, 4.69) is 31.4 Å².